The summed E-state index contributed by atoms with van der Waals surface area (Å²) in [5.74, 6) is 0.510. The van der Waals surface area contributed by atoms with E-state index in [9.17, 15) is 4.57 Å². The average Bonchev–Trinajstić information content (AvgIpc) is 3.61. The van der Waals surface area contributed by atoms with Gasteiger partial charge in [0.2, 0.25) is 0 Å². The van der Waals surface area contributed by atoms with Gasteiger partial charge in [-0.1, -0.05) is 79.2 Å². The van der Waals surface area contributed by atoms with Crippen LogP contribution in [0.25, 0.3) is 0 Å². The van der Waals surface area contributed by atoms with Crippen LogP contribution in [0.15, 0.2) is 72.8 Å². The van der Waals surface area contributed by atoms with E-state index in [-0.39, 0.29) is 18.6 Å². The SMILES string of the molecule is CCOP(=O)(OCC)OC(CCCC/C=C/C1CC1(c1ccccc1)c1ccccc1)[C](C)OC. The topological polar surface area (TPSA) is 54.0 Å². The van der Waals surface area contributed by atoms with Crippen LogP contribution in [-0.2, 0) is 28.3 Å². The molecule has 0 N–H and O–H groups in total. The lowest BCUT2D eigenvalue weighted by Gasteiger charge is -2.26. The van der Waals surface area contributed by atoms with E-state index >= 15 is 0 Å². The highest BCUT2D eigenvalue weighted by molar-refractivity contribution is 7.48. The van der Waals surface area contributed by atoms with E-state index < -0.39 is 13.9 Å². The molecule has 2 unspecified atom stereocenters. The van der Waals surface area contributed by atoms with Gasteiger partial charge >= 0.3 is 7.82 Å². The highest BCUT2D eigenvalue weighted by atomic mass is 31.2. The van der Waals surface area contributed by atoms with Crippen molar-refractivity contribution in [1.29, 1.82) is 0 Å². The molecule has 1 aliphatic carbocycles. The van der Waals surface area contributed by atoms with Crippen molar-refractivity contribution >= 4 is 7.82 Å². The summed E-state index contributed by atoms with van der Waals surface area (Å²) in [6.07, 6.45) is 9.69. The van der Waals surface area contributed by atoms with Gasteiger partial charge < -0.3 is 4.74 Å². The lowest BCUT2D eigenvalue weighted by atomic mass is 9.85. The van der Waals surface area contributed by atoms with Crippen LogP contribution >= 0.6 is 7.82 Å². The average molecular weight is 500 g/mol. The van der Waals surface area contributed by atoms with Crippen molar-refractivity contribution in [2.24, 2.45) is 5.92 Å². The Morgan fingerprint density at radius 1 is 1.00 bits per heavy atom. The Balaban J connectivity index is 1.53. The van der Waals surface area contributed by atoms with Gasteiger partial charge in [0.05, 0.1) is 13.2 Å². The van der Waals surface area contributed by atoms with Gasteiger partial charge in [-0.15, -0.1) is 0 Å². The van der Waals surface area contributed by atoms with E-state index in [1.54, 1.807) is 21.0 Å². The molecule has 0 amide bonds. The summed E-state index contributed by atoms with van der Waals surface area (Å²) in [6.45, 7) is 5.90. The monoisotopic (exact) mass is 499 g/mol. The fraction of sp³-hybridized carbons (Fsp3) is 0.483. The molecule has 0 saturated heterocycles. The normalized spacial score (nSPS) is 18.3. The van der Waals surface area contributed by atoms with Gasteiger partial charge in [0.25, 0.3) is 0 Å². The van der Waals surface area contributed by atoms with Crippen molar-refractivity contribution in [1.82, 2.24) is 0 Å². The van der Waals surface area contributed by atoms with Crippen molar-refractivity contribution in [3.63, 3.8) is 0 Å². The number of benzene rings is 2. The number of ether oxygens (including phenoxy) is 1. The highest BCUT2D eigenvalue weighted by Crippen LogP contribution is 2.59. The van der Waals surface area contributed by atoms with E-state index in [0.29, 0.717) is 18.4 Å². The maximum absolute atomic E-state index is 12.8. The number of phosphoric ester groups is 1. The van der Waals surface area contributed by atoms with Gasteiger partial charge in [-0.3, -0.25) is 13.6 Å². The predicted octanol–water partition coefficient (Wildman–Crippen LogP) is 7.87. The maximum Gasteiger partial charge on any atom is 0.475 e. The molecule has 2 atom stereocenters. The van der Waals surface area contributed by atoms with Crippen molar-refractivity contribution in [3.8, 4) is 0 Å². The Kier molecular flexibility index (Phi) is 10.8. The first kappa shape index (κ1) is 27.8. The lowest BCUT2D eigenvalue weighted by molar-refractivity contribution is 0.0382. The van der Waals surface area contributed by atoms with Crippen LogP contribution in [0.2, 0.25) is 0 Å². The molecular weight excluding hydrogens is 459 g/mol. The van der Waals surface area contributed by atoms with E-state index in [1.165, 1.54) is 11.1 Å². The summed E-state index contributed by atoms with van der Waals surface area (Å²) in [5.41, 5.74) is 2.86. The molecule has 0 heterocycles. The molecule has 0 bridgehead atoms. The number of hydrogen-bond donors (Lipinski definition) is 0. The number of unbranched alkanes of at least 4 members (excludes halogenated alkanes) is 2. The maximum atomic E-state index is 12.8. The molecule has 191 valence electrons. The Labute approximate surface area is 211 Å². The second kappa shape index (κ2) is 13.5. The predicted molar refractivity (Wildman–Crippen MR) is 141 cm³/mol. The minimum Gasteiger partial charge on any atom is -0.373 e. The van der Waals surface area contributed by atoms with Gasteiger partial charge in [-0.2, -0.15) is 0 Å². The molecule has 0 aromatic heterocycles. The number of rotatable bonds is 16. The van der Waals surface area contributed by atoms with Gasteiger partial charge in [0.15, 0.2) is 0 Å². The Morgan fingerprint density at radius 3 is 2.09 bits per heavy atom. The second-order valence-electron chi connectivity index (χ2n) is 8.92. The molecule has 1 fully saturated rings. The van der Waals surface area contributed by atoms with E-state index in [2.05, 4.69) is 72.8 Å². The van der Waals surface area contributed by atoms with Crippen LogP contribution < -0.4 is 0 Å². The van der Waals surface area contributed by atoms with E-state index in [4.69, 9.17) is 18.3 Å². The summed E-state index contributed by atoms with van der Waals surface area (Å²) in [4.78, 5) is 0. The zero-order valence-corrected chi connectivity index (χ0v) is 22.4. The fourth-order valence-electron chi connectivity index (χ4n) is 4.71. The molecule has 0 spiro atoms. The summed E-state index contributed by atoms with van der Waals surface area (Å²) >= 11 is 0. The summed E-state index contributed by atoms with van der Waals surface area (Å²) in [6, 6.07) is 21.7. The third-order valence-corrected chi connectivity index (χ3v) is 8.32. The third-order valence-electron chi connectivity index (χ3n) is 6.65. The van der Waals surface area contributed by atoms with E-state index in [0.717, 1.165) is 25.7 Å². The minimum absolute atomic E-state index is 0.0855. The molecule has 3 rings (SSSR count). The largest absolute Gasteiger partial charge is 0.475 e. The van der Waals surface area contributed by atoms with Crippen molar-refractivity contribution in [3.05, 3.63) is 90.0 Å². The fourth-order valence-corrected chi connectivity index (χ4v) is 6.10. The first-order valence-corrected chi connectivity index (χ1v) is 14.2. The Morgan fingerprint density at radius 2 is 1.57 bits per heavy atom. The smallest absolute Gasteiger partial charge is 0.373 e. The molecular formula is C29H40O5P. The number of phosphoric acid groups is 1. The number of allylic oxidation sites excluding steroid dienone is 2. The Hall–Kier alpha value is -1.75. The van der Waals surface area contributed by atoms with Crippen LogP contribution in [0.3, 0.4) is 0 Å². The van der Waals surface area contributed by atoms with Crippen LogP contribution in [0.5, 0.6) is 0 Å². The molecule has 5 nitrogen and oxygen atoms in total. The van der Waals surface area contributed by atoms with Gasteiger partial charge in [0, 0.05) is 12.5 Å². The number of methoxy groups -OCH3 is 1. The molecule has 1 saturated carbocycles. The Bertz CT molecular complexity index is 897. The molecule has 1 aliphatic rings. The first-order valence-electron chi connectivity index (χ1n) is 12.7. The molecule has 35 heavy (non-hydrogen) atoms. The number of hydrogen-bond acceptors (Lipinski definition) is 5. The van der Waals surface area contributed by atoms with Crippen LogP contribution in [0, 0.1) is 12.0 Å². The lowest BCUT2D eigenvalue weighted by Crippen LogP contribution is -2.22. The molecule has 1 radical (unpaired) electrons. The van der Waals surface area contributed by atoms with Crippen molar-refractivity contribution < 1.29 is 22.9 Å². The van der Waals surface area contributed by atoms with Crippen LogP contribution in [0.1, 0.15) is 64.0 Å². The summed E-state index contributed by atoms with van der Waals surface area (Å²) in [7, 11) is -2.00. The van der Waals surface area contributed by atoms with E-state index in [1.807, 2.05) is 6.92 Å². The quantitative estimate of drug-likeness (QED) is 0.134. The van der Waals surface area contributed by atoms with Gasteiger partial charge in [-0.05, 0) is 63.5 Å². The van der Waals surface area contributed by atoms with Crippen LogP contribution in [0.4, 0.5) is 0 Å². The summed E-state index contributed by atoms with van der Waals surface area (Å²) in [5, 5.41) is 0. The van der Waals surface area contributed by atoms with Crippen LogP contribution in [-0.4, -0.2) is 26.4 Å². The third kappa shape index (κ3) is 7.38. The second-order valence-corrected chi connectivity index (χ2v) is 10.5. The zero-order valence-electron chi connectivity index (χ0n) is 21.5. The molecule has 2 aromatic rings. The standard InChI is InChI=1S/C29H40O5P/c1-5-32-35(30,33-6-2)34-28(24(3)31-4)22-16-8-7-11-21-27-23-29(27,25-17-12-9-13-18-25)26-19-14-10-15-20-26/h9-15,17-21,27-28H,5-8,16,22-23H2,1-4H3/b21-11+. The minimum atomic E-state index is -3.60. The highest BCUT2D eigenvalue weighted by Gasteiger charge is 2.54. The van der Waals surface area contributed by atoms with Crippen molar-refractivity contribution in [2.45, 2.75) is 64.4 Å². The molecule has 6 heteroatoms. The van der Waals surface area contributed by atoms with Gasteiger partial charge in [0.1, 0.15) is 12.2 Å². The summed E-state index contributed by atoms with van der Waals surface area (Å²) < 4.78 is 34.6. The first-order chi connectivity index (χ1) is 17.0. The zero-order chi connectivity index (χ0) is 25.2. The van der Waals surface area contributed by atoms with Gasteiger partial charge in [-0.25, -0.2) is 4.57 Å². The van der Waals surface area contributed by atoms with Crippen molar-refractivity contribution in [2.75, 3.05) is 20.3 Å². The molecule has 2 aromatic carbocycles. The molecule has 0 aliphatic heterocycles.